The van der Waals surface area contributed by atoms with Crippen LogP contribution in [0, 0.1) is 0 Å². The second-order valence-corrected chi connectivity index (χ2v) is 6.70. The highest BCUT2D eigenvalue weighted by molar-refractivity contribution is 9.10. The fourth-order valence-electron chi connectivity index (χ4n) is 1.83. The van der Waals surface area contributed by atoms with Crippen LogP contribution >= 0.6 is 15.9 Å². The summed E-state index contributed by atoms with van der Waals surface area (Å²) in [5.41, 5.74) is 7.27. The summed E-state index contributed by atoms with van der Waals surface area (Å²) < 4.78 is 13.8. The van der Waals surface area contributed by atoms with Crippen LogP contribution in [0.5, 0.6) is 0 Å². The van der Waals surface area contributed by atoms with Crippen LogP contribution in [0.1, 0.15) is 13.0 Å². The average molecular weight is 344 g/mol. The molecule has 0 fully saturated rings. The van der Waals surface area contributed by atoms with Crippen LogP contribution in [-0.4, -0.2) is 36.4 Å². The van der Waals surface area contributed by atoms with E-state index in [1.807, 2.05) is 25.1 Å². The maximum atomic E-state index is 11.3. The molecule has 19 heavy (non-hydrogen) atoms. The average Bonchev–Trinajstić information content (AvgIpc) is 2.75. The zero-order chi connectivity index (χ0) is 14.0. The van der Waals surface area contributed by atoms with Gasteiger partial charge in [-0.3, -0.25) is 4.21 Å². The molecule has 2 rings (SSSR count). The number of rotatable bonds is 4. The summed E-state index contributed by atoms with van der Waals surface area (Å²) in [6.45, 7) is 1.93. The zero-order valence-electron chi connectivity index (χ0n) is 10.6. The van der Waals surface area contributed by atoms with E-state index in [1.165, 1.54) is 0 Å². The summed E-state index contributed by atoms with van der Waals surface area (Å²) in [4.78, 5) is 0. The number of nitrogen functional groups attached to an aromatic ring is 1. The van der Waals surface area contributed by atoms with Crippen LogP contribution in [0.4, 0.5) is 5.69 Å². The van der Waals surface area contributed by atoms with Crippen LogP contribution in [0.2, 0.25) is 0 Å². The molecule has 8 heteroatoms. The Hall–Kier alpha value is -1.28. The largest absolute Gasteiger partial charge is 0.399 e. The third kappa shape index (κ3) is 3.38. The van der Waals surface area contributed by atoms with Crippen molar-refractivity contribution >= 4 is 32.4 Å². The quantitative estimate of drug-likeness (QED) is 0.852. The van der Waals surface area contributed by atoms with E-state index >= 15 is 0 Å². The molecular weight excluding hydrogens is 330 g/mol. The summed E-state index contributed by atoms with van der Waals surface area (Å²) >= 11 is 3.39. The number of halogens is 1. The molecule has 0 aliphatic heterocycles. The molecule has 0 saturated heterocycles. The van der Waals surface area contributed by atoms with Gasteiger partial charge in [0.05, 0.1) is 6.04 Å². The van der Waals surface area contributed by atoms with Gasteiger partial charge in [-0.25, -0.2) is 4.68 Å². The molecule has 102 valence electrons. The Morgan fingerprint density at radius 2 is 2.21 bits per heavy atom. The molecule has 0 amide bonds. The molecule has 1 aromatic carbocycles. The number of nitrogens with two attached hydrogens (primary N) is 1. The van der Waals surface area contributed by atoms with Gasteiger partial charge < -0.3 is 5.73 Å². The van der Waals surface area contributed by atoms with Gasteiger partial charge in [-0.2, -0.15) is 0 Å². The van der Waals surface area contributed by atoms with Crippen molar-refractivity contribution in [3.63, 3.8) is 0 Å². The van der Waals surface area contributed by atoms with Gasteiger partial charge in [0.2, 0.25) is 0 Å². The third-order valence-corrected chi connectivity index (χ3v) is 3.97. The lowest BCUT2D eigenvalue weighted by atomic mass is 10.2. The monoisotopic (exact) mass is 343 g/mol. The van der Waals surface area contributed by atoms with Crippen LogP contribution in [0.15, 0.2) is 22.7 Å². The molecule has 0 aliphatic carbocycles. The van der Waals surface area contributed by atoms with Gasteiger partial charge in [-0.05, 0) is 35.5 Å². The summed E-state index contributed by atoms with van der Waals surface area (Å²) in [6, 6.07) is 5.47. The van der Waals surface area contributed by atoms with Crippen molar-refractivity contribution in [1.82, 2.24) is 20.2 Å². The van der Waals surface area contributed by atoms with E-state index in [4.69, 9.17) is 5.73 Å². The minimum Gasteiger partial charge on any atom is -0.399 e. The molecule has 2 N–H and O–H groups in total. The Bertz CT molecular complexity index is 595. The molecule has 0 bridgehead atoms. The summed E-state index contributed by atoms with van der Waals surface area (Å²) in [5, 5.41) is 11.7. The number of anilines is 1. The van der Waals surface area contributed by atoms with E-state index in [9.17, 15) is 4.21 Å². The maximum Gasteiger partial charge on any atom is 0.182 e. The van der Waals surface area contributed by atoms with E-state index in [1.54, 1.807) is 10.9 Å². The van der Waals surface area contributed by atoms with E-state index in [0.717, 1.165) is 10.0 Å². The Kier molecular flexibility index (Phi) is 4.31. The molecule has 2 atom stereocenters. The second-order valence-electron chi connectivity index (χ2n) is 4.31. The first-order valence-corrected chi connectivity index (χ1v) is 8.13. The number of aromatic nitrogens is 4. The number of nitrogens with zero attached hydrogens (tertiary/aromatic N) is 4. The summed E-state index contributed by atoms with van der Waals surface area (Å²) in [7, 11) is -0.904. The number of benzene rings is 1. The summed E-state index contributed by atoms with van der Waals surface area (Å²) in [6.07, 6.45) is 1.66. The Labute approximate surface area is 122 Å². The smallest absolute Gasteiger partial charge is 0.182 e. The molecule has 0 spiro atoms. The first kappa shape index (κ1) is 14.1. The fourth-order valence-corrected chi connectivity index (χ4v) is 3.16. The molecule has 1 aromatic heterocycles. The Morgan fingerprint density at radius 3 is 2.84 bits per heavy atom. The molecule has 0 radical (unpaired) electrons. The topological polar surface area (TPSA) is 86.7 Å². The molecule has 2 unspecified atom stereocenters. The van der Waals surface area contributed by atoms with Gasteiger partial charge >= 0.3 is 0 Å². The summed E-state index contributed by atoms with van der Waals surface area (Å²) in [5.74, 6) is 1.12. The predicted molar refractivity (Wildman–Crippen MR) is 79.0 cm³/mol. The molecule has 6 nitrogen and oxygen atoms in total. The van der Waals surface area contributed by atoms with Crippen LogP contribution in [0.25, 0.3) is 11.4 Å². The minimum atomic E-state index is -0.904. The van der Waals surface area contributed by atoms with Crippen molar-refractivity contribution < 1.29 is 4.21 Å². The first-order chi connectivity index (χ1) is 8.97. The van der Waals surface area contributed by atoms with Crippen molar-refractivity contribution in [1.29, 1.82) is 0 Å². The minimum absolute atomic E-state index is 0.0453. The third-order valence-electron chi connectivity index (χ3n) is 2.56. The van der Waals surface area contributed by atoms with Gasteiger partial charge in [0.25, 0.3) is 0 Å². The van der Waals surface area contributed by atoms with Crippen LogP contribution in [0.3, 0.4) is 0 Å². The first-order valence-electron chi connectivity index (χ1n) is 5.61. The van der Waals surface area contributed by atoms with Crippen molar-refractivity contribution in [2.24, 2.45) is 0 Å². The fraction of sp³-hybridized carbons (Fsp3) is 0.364. The van der Waals surface area contributed by atoms with Crippen LogP contribution < -0.4 is 5.73 Å². The Balaban J connectivity index is 2.41. The standard InChI is InChI=1S/C11H14BrN5OS/c1-7(6-19(2)18)17-11(14-15-16-17)8-3-9(12)5-10(13)4-8/h3-5,7H,6,13H2,1-2H3. The van der Waals surface area contributed by atoms with Gasteiger partial charge in [0.1, 0.15) is 0 Å². The number of hydrogen-bond donors (Lipinski definition) is 1. The number of tetrazole rings is 1. The zero-order valence-corrected chi connectivity index (χ0v) is 13.0. The molecular formula is C11H14BrN5OS. The van der Waals surface area contributed by atoms with E-state index in [0.29, 0.717) is 17.3 Å². The van der Waals surface area contributed by atoms with E-state index in [2.05, 4.69) is 31.5 Å². The van der Waals surface area contributed by atoms with Crippen LogP contribution in [-0.2, 0) is 10.8 Å². The SMILES string of the molecule is CC(CS(C)=O)n1nnnc1-c1cc(N)cc(Br)c1. The van der Waals surface area contributed by atoms with Crippen molar-refractivity contribution in [3.8, 4) is 11.4 Å². The van der Waals surface area contributed by atoms with Gasteiger partial charge in [-0.15, -0.1) is 5.10 Å². The highest BCUT2D eigenvalue weighted by Crippen LogP contribution is 2.25. The normalized spacial score (nSPS) is 14.3. The van der Waals surface area contributed by atoms with Crippen molar-refractivity contribution in [2.75, 3.05) is 17.7 Å². The van der Waals surface area contributed by atoms with Gasteiger partial charge in [0.15, 0.2) is 5.82 Å². The molecule has 0 aliphatic rings. The molecule has 0 saturated carbocycles. The second kappa shape index (κ2) is 5.79. The Morgan fingerprint density at radius 1 is 1.47 bits per heavy atom. The van der Waals surface area contributed by atoms with Gasteiger partial charge in [-0.1, -0.05) is 15.9 Å². The van der Waals surface area contributed by atoms with E-state index < -0.39 is 10.8 Å². The van der Waals surface area contributed by atoms with E-state index in [-0.39, 0.29) is 6.04 Å². The number of hydrogen-bond acceptors (Lipinski definition) is 5. The van der Waals surface area contributed by atoms with Crippen molar-refractivity contribution in [3.05, 3.63) is 22.7 Å². The molecule has 2 aromatic rings. The van der Waals surface area contributed by atoms with Crippen molar-refractivity contribution in [2.45, 2.75) is 13.0 Å². The molecule has 1 heterocycles. The van der Waals surface area contributed by atoms with Gasteiger partial charge in [0, 0.05) is 38.5 Å². The lowest BCUT2D eigenvalue weighted by Gasteiger charge is -2.12. The lowest BCUT2D eigenvalue weighted by Crippen LogP contribution is -2.15. The highest BCUT2D eigenvalue weighted by Gasteiger charge is 2.16. The highest BCUT2D eigenvalue weighted by atomic mass is 79.9. The lowest BCUT2D eigenvalue weighted by molar-refractivity contribution is 0.521. The predicted octanol–water partition coefficient (Wildman–Crippen LogP) is 1.62. The maximum absolute atomic E-state index is 11.3.